The van der Waals surface area contributed by atoms with Crippen LogP contribution in [-0.4, -0.2) is 41.6 Å². The van der Waals surface area contributed by atoms with Gasteiger partial charge in [-0.25, -0.2) is 0 Å². The number of hydrogen-bond donors (Lipinski definition) is 1. The van der Waals surface area contributed by atoms with Gasteiger partial charge >= 0.3 is 0 Å². The van der Waals surface area contributed by atoms with Gasteiger partial charge in [-0.2, -0.15) is 0 Å². The molecule has 0 rings (SSSR count). The zero-order chi connectivity index (χ0) is 9.40. The van der Waals surface area contributed by atoms with E-state index in [1.807, 2.05) is 4.90 Å². The van der Waals surface area contributed by atoms with Crippen molar-refractivity contribution in [1.29, 1.82) is 0 Å². The van der Waals surface area contributed by atoms with Crippen LogP contribution >= 0.6 is 11.6 Å². The molecule has 0 aliphatic heterocycles. The van der Waals surface area contributed by atoms with Crippen molar-refractivity contribution < 1.29 is 5.11 Å². The summed E-state index contributed by atoms with van der Waals surface area (Å²) in [5, 5.41) is 9.24. The number of nitrogens with zero attached hydrogens (tertiary/aromatic N) is 1. The monoisotopic (exact) mass is 189 g/mol. The van der Waals surface area contributed by atoms with Gasteiger partial charge in [0, 0.05) is 25.5 Å². The summed E-state index contributed by atoms with van der Waals surface area (Å²) in [7, 11) is 0. The fraction of sp³-hybridized carbons (Fsp3) is 0.556. The Hall–Kier alpha value is -0.310. The summed E-state index contributed by atoms with van der Waals surface area (Å²) >= 11 is 5.47. The summed E-state index contributed by atoms with van der Waals surface area (Å²) in [6.07, 6.45) is 3.13. The molecular formula is C9H16ClNO. The molecule has 1 atom stereocenters. The van der Waals surface area contributed by atoms with Crippen LogP contribution in [0.4, 0.5) is 0 Å². The summed E-state index contributed by atoms with van der Waals surface area (Å²) < 4.78 is 0. The van der Waals surface area contributed by atoms with E-state index < -0.39 is 6.10 Å². The van der Waals surface area contributed by atoms with Crippen LogP contribution in [0.3, 0.4) is 0 Å². The second-order valence-electron chi connectivity index (χ2n) is 2.60. The fourth-order valence-corrected chi connectivity index (χ4v) is 1.03. The Kier molecular flexibility index (Phi) is 7.16. The number of alkyl halides is 1. The zero-order valence-corrected chi connectivity index (χ0v) is 8.00. The van der Waals surface area contributed by atoms with Crippen LogP contribution in [0.25, 0.3) is 0 Å². The van der Waals surface area contributed by atoms with Crippen molar-refractivity contribution in [3.63, 3.8) is 0 Å². The first-order chi connectivity index (χ1) is 5.74. The summed E-state index contributed by atoms with van der Waals surface area (Å²) in [6.45, 7) is 9.32. The standard InChI is InChI=1S/C9H16ClNO/c1-3-5-11(6-4-2)8-9(12)7-10/h3-4,9,12H,1-2,5-8H2. The van der Waals surface area contributed by atoms with Crippen LogP contribution in [0.15, 0.2) is 25.3 Å². The lowest BCUT2D eigenvalue weighted by Crippen LogP contribution is -2.33. The van der Waals surface area contributed by atoms with Crippen LogP contribution in [0.2, 0.25) is 0 Å². The number of aliphatic hydroxyl groups is 1. The first-order valence-corrected chi connectivity index (χ1v) is 4.46. The maximum atomic E-state index is 9.24. The lowest BCUT2D eigenvalue weighted by atomic mass is 10.3. The van der Waals surface area contributed by atoms with E-state index in [2.05, 4.69) is 13.2 Å². The molecule has 1 unspecified atom stereocenters. The minimum absolute atomic E-state index is 0.269. The molecule has 3 heteroatoms. The van der Waals surface area contributed by atoms with Crippen molar-refractivity contribution in [2.75, 3.05) is 25.5 Å². The summed E-state index contributed by atoms with van der Waals surface area (Å²) in [6, 6.07) is 0. The predicted molar refractivity (Wildman–Crippen MR) is 53.6 cm³/mol. The largest absolute Gasteiger partial charge is 0.391 e. The van der Waals surface area contributed by atoms with Gasteiger partial charge in [-0.15, -0.1) is 24.8 Å². The molecule has 0 radical (unpaired) electrons. The second kappa shape index (κ2) is 7.35. The van der Waals surface area contributed by atoms with Crippen LogP contribution in [-0.2, 0) is 0 Å². The van der Waals surface area contributed by atoms with Crippen LogP contribution < -0.4 is 0 Å². The number of aliphatic hydroxyl groups excluding tert-OH is 1. The Balaban J connectivity index is 3.75. The SMILES string of the molecule is C=CCN(CC=C)CC(O)CCl. The van der Waals surface area contributed by atoms with Crippen molar-refractivity contribution in [2.45, 2.75) is 6.10 Å². The second-order valence-corrected chi connectivity index (χ2v) is 2.91. The number of hydrogen-bond acceptors (Lipinski definition) is 2. The Labute approximate surface area is 79.1 Å². The molecule has 0 bridgehead atoms. The van der Waals surface area contributed by atoms with Gasteiger partial charge in [-0.05, 0) is 0 Å². The molecule has 0 aromatic heterocycles. The Bertz CT molecular complexity index is 128. The van der Waals surface area contributed by atoms with E-state index >= 15 is 0 Å². The van der Waals surface area contributed by atoms with Gasteiger partial charge in [0.1, 0.15) is 0 Å². The highest BCUT2D eigenvalue weighted by atomic mass is 35.5. The molecule has 0 heterocycles. The molecule has 0 fully saturated rings. The topological polar surface area (TPSA) is 23.5 Å². The molecule has 0 saturated heterocycles. The molecule has 0 spiro atoms. The van der Waals surface area contributed by atoms with Crippen LogP contribution in [0.5, 0.6) is 0 Å². The third-order valence-corrected chi connectivity index (χ3v) is 1.78. The smallest absolute Gasteiger partial charge is 0.0802 e. The van der Waals surface area contributed by atoms with E-state index in [1.165, 1.54) is 0 Å². The molecule has 0 aromatic carbocycles. The maximum Gasteiger partial charge on any atom is 0.0802 e. The average Bonchev–Trinajstić information content (AvgIpc) is 2.05. The highest BCUT2D eigenvalue weighted by Gasteiger charge is 2.07. The third-order valence-electron chi connectivity index (χ3n) is 1.42. The number of rotatable bonds is 7. The van der Waals surface area contributed by atoms with E-state index in [-0.39, 0.29) is 5.88 Å². The molecule has 0 aliphatic rings. The summed E-state index contributed by atoms with van der Waals surface area (Å²) in [5.41, 5.74) is 0. The molecule has 2 nitrogen and oxygen atoms in total. The molecule has 0 saturated carbocycles. The minimum atomic E-state index is -0.466. The average molecular weight is 190 g/mol. The first-order valence-electron chi connectivity index (χ1n) is 3.92. The van der Waals surface area contributed by atoms with Gasteiger partial charge in [0.05, 0.1) is 6.10 Å². The highest BCUT2D eigenvalue weighted by Crippen LogP contribution is 1.95. The van der Waals surface area contributed by atoms with Crippen molar-refractivity contribution in [1.82, 2.24) is 4.90 Å². The molecule has 0 amide bonds. The molecule has 70 valence electrons. The van der Waals surface area contributed by atoms with Crippen LogP contribution in [0, 0.1) is 0 Å². The van der Waals surface area contributed by atoms with E-state index in [4.69, 9.17) is 11.6 Å². The molecular weight excluding hydrogens is 174 g/mol. The van der Waals surface area contributed by atoms with E-state index in [1.54, 1.807) is 12.2 Å². The zero-order valence-electron chi connectivity index (χ0n) is 7.25. The Morgan fingerprint density at radius 3 is 2.17 bits per heavy atom. The Morgan fingerprint density at radius 1 is 1.33 bits per heavy atom. The predicted octanol–water partition coefficient (Wildman–Crippen LogP) is 1.26. The summed E-state index contributed by atoms with van der Waals surface area (Å²) in [4.78, 5) is 2.02. The van der Waals surface area contributed by atoms with Gasteiger partial charge in [-0.1, -0.05) is 12.2 Å². The Morgan fingerprint density at radius 2 is 1.83 bits per heavy atom. The van der Waals surface area contributed by atoms with Gasteiger partial charge in [0.25, 0.3) is 0 Å². The molecule has 1 N–H and O–H groups in total. The van der Waals surface area contributed by atoms with Gasteiger partial charge in [0.2, 0.25) is 0 Å². The van der Waals surface area contributed by atoms with Crippen molar-refractivity contribution in [3.8, 4) is 0 Å². The quantitative estimate of drug-likeness (QED) is 0.482. The molecule has 12 heavy (non-hydrogen) atoms. The summed E-state index contributed by atoms with van der Waals surface area (Å²) in [5.74, 6) is 0.269. The lowest BCUT2D eigenvalue weighted by molar-refractivity contribution is 0.143. The van der Waals surface area contributed by atoms with Crippen molar-refractivity contribution in [3.05, 3.63) is 25.3 Å². The normalized spacial score (nSPS) is 12.9. The fourth-order valence-electron chi connectivity index (χ4n) is 0.936. The van der Waals surface area contributed by atoms with Crippen LogP contribution in [0.1, 0.15) is 0 Å². The number of halogens is 1. The van der Waals surface area contributed by atoms with Gasteiger partial charge in [-0.3, -0.25) is 4.90 Å². The van der Waals surface area contributed by atoms with Crippen molar-refractivity contribution >= 4 is 11.6 Å². The van der Waals surface area contributed by atoms with E-state index in [9.17, 15) is 5.11 Å². The van der Waals surface area contributed by atoms with Gasteiger partial charge in [0.15, 0.2) is 0 Å². The third kappa shape index (κ3) is 5.35. The van der Waals surface area contributed by atoms with Crippen molar-refractivity contribution in [2.24, 2.45) is 0 Å². The molecule has 0 aromatic rings. The van der Waals surface area contributed by atoms with Gasteiger partial charge < -0.3 is 5.11 Å². The van der Waals surface area contributed by atoms with E-state index in [0.29, 0.717) is 6.54 Å². The minimum Gasteiger partial charge on any atom is -0.391 e. The highest BCUT2D eigenvalue weighted by molar-refractivity contribution is 6.18. The molecule has 0 aliphatic carbocycles. The first kappa shape index (κ1) is 11.7. The maximum absolute atomic E-state index is 9.24. The van der Waals surface area contributed by atoms with E-state index in [0.717, 1.165) is 13.1 Å². The lowest BCUT2D eigenvalue weighted by Gasteiger charge is -2.20.